The average molecular weight is 307 g/mol. The van der Waals surface area contributed by atoms with Gasteiger partial charge in [0.15, 0.2) is 0 Å². The lowest BCUT2D eigenvalue weighted by molar-refractivity contribution is 0.0942. The van der Waals surface area contributed by atoms with Crippen LogP contribution in [-0.2, 0) is 6.42 Å². The highest BCUT2D eigenvalue weighted by atomic mass is 16.5. The number of hydrogen-bond acceptors (Lipinski definition) is 6. The summed E-state index contributed by atoms with van der Waals surface area (Å²) >= 11 is 0. The van der Waals surface area contributed by atoms with Crippen molar-refractivity contribution < 1.29 is 9.32 Å². The molecule has 0 radical (unpaired) electrons. The van der Waals surface area contributed by atoms with Gasteiger partial charge in [0.1, 0.15) is 5.69 Å². The van der Waals surface area contributed by atoms with Gasteiger partial charge in [-0.25, -0.2) is 4.98 Å². The lowest BCUT2D eigenvalue weighted by Gasteiger charge is -2.28. The average Bonchev–Trinajstić information content (AvgIpc) is 3.11. The molecule has 0 aliphatic carbocycles. The van der Waals surface area contributed by atoms with Crippen LogP contribution in [0, 0.1) is 0 Å². The van der Waals surface area contributed by atoms with E-state index in [2.05, 4.69) is 20.1 Å². The van der Waals surface area contributed by atoms with Crippen molar-refractivity contribution in [1.82, 2.24) is 20.1 Å². The van der Waals surface area contributed by atoms with Crippen molar-refractivity contribution in [2.45, 2.75) is 12.8 Å². The van der Waals surface area contributed by atoms with Gasteiger partial charge in [-0.3, -0.25) is 9.78 Å². The molecule has 0 spiro atoms. The van der Waals surface area contributed by atoms with Crippen LogP contribution in [0.4, 0.5) is 5.69 Å². The van der Waals surface area contributed by atoms with Gasteiger partial charge in [-0.05, 0) is 24.5 Å². The fourth-order valence-electron chi connectivity index (χ4n) is 2.69. The molecule has 1 amide bonds. The van der Waals surface area contributed by atoms with E-state index in [9.17, 15) is 4.79 Å². The Morgan fingerprint density at radius 1 is 1.22 bits per heavy atom. The number of aromatic nitrogens is 4. The first-order chi connectivity index (χ1) is 11.3. The standard InChI is InChI=1S/C16H13N5O2/c22-16(21-9-3-5-11-4-1-2-6-13(11)21)15-19-14(20-23-15)12-10-17-7-8-18-12/h1-2,4,6-8,10H,3,5,9H2. The van der Waals surface area contributed by atoms with Crippen LogP contribution in [0.2, 0.25) is 0 Å². The maximum atomic E-state index is 12.7. The summed E-state index contributed by atoms with van der Waals surface area (Å²) in [5.74, 6) is -0.0751. The van der Waals surface area contributed by atoms with Gasteiger partial charge in [0.05, 0.1) is 6.20 Å². The first-order valence-corrected chi connectivity index (χ1v) is 7.33. The summed E-state index contributed by atoms with van der Waals surface area (Å²) in [7, 11) is 0. The van der Waals surface area contributed by atoms with Crippen molar-refractivity contribution in [3.63, 3.8) is 0 Å². The number of nitrogens with zero attached hydrogens (tertiary/aromatic N) is 5. The zero-order valence-electron chi connectivity index (χ0n) is 12.2. The fraction of sp³-hybridized carbons (Fsp3) is 0.188. The molecule has 0 atom stereocenters. The summed E-state index contributed by atoms with van der Waals surface area (Å²) in [6.07, 6.45) is 6.49. The third kappa shape index (κ3) is 2.46. The van der Waals surface area contributed by atoms with E-state index in [1.165, 1.54) is 12.4 Å². The molecule has 7 nitrogen and oxygen atoms in total. The molecular formula is C16H13N5O2. The quantitative estimate of drug-likeness (QED) is 0.721. The number of anilines is 1. The fourth-order valence-corrected chi connectivity index (χ4v) is 2.69. The van der Waals surface area contributed by atoms with E-state index in [0.29, 0.717) is 12.2 Å². The van der Waals surface area contributed by atoms with Crippen LogP contribution in [0.5, 0.6) is 0 Å². The van der Waals surface area contributed by atoms with Crippen molar-refractivity contribution >= 4 is 11.6 Å². The van der Waals surface area contributed by atoms with Crippen LogP contribution < -0.4 is 4.90 Å². The summed E-state index contributed by atoms with van der Waals surface area (Å²) in [5, 5.41) is 3.82. The first-order valence-electron chi connectivity index (χ1n) is 7.33. The molecule has 23 heavy (non-hydrogen) atoms. The van der Waals surface area contributed by atoms with Gasteiger partial charge in [0, 0.05) is 24.6 Å². The number of hydrogen-bond donors (Lipinski definition) is 0. The Labute approximate surface area is 132 Å². The van der Waals surface area contributed by atoms with Crippen molar-refractivity contribution in [3.8, 4) is 11.5 Å². The number of para-hydroxylation sites is 1. The van der Waals surface area contributed by atoms with E-state index in [-0.39, 0.29) is 17.6 Å². The Kier molecular flexibility index (Phi) is 3.30. The molecule has 2 aromatic heterocycles. The maximum absolute atomic E-state index is 12.7. The third-order valence-corrected chi connectivity index (χ3v) is 3.76. The van der Waals surface area contributed by atoms with Crippen LogP contribution >= 0.6 is 0 Å². The molecular weight excluding hydrogens is 294 g/mol. The van der Waals surface area contributed by atoms with Gasteiger partial charge in [-0.15, -0.1) is 0 Å². The SMILES string of the molecule is O=C(c1nc(-c2cnccn2)no1)N1CCCc2ccccc21. The summed E-state index contributed by atoms with van der Waals surface area (Å²) in [5.41, 5.74) is 2.53. The molecule has 0 unspecified atom stereocenters. The van der Waals surface area contributed by atoms with Crippen molar-refractivity contribution in [1.29, 1.82) is 0 Å². The Hall–Kier alpha value is -3.09. The number of benzene rings is 1. The zero-order valence-corrected chi connectivity index (χ0v) is 12.2. The van der Waals surface area contributed by atoms with E-state index in [1.54, 1.807) is 11.1 Å². The molecule has 7 heteroatoms. The van der Waals surface area contributed by atoms with E-state index < -0.39 is 0 Å². The predicted molar refractivity (Wildman–Crippen MR) is 81.8 cm³/mol. The highest BCUT2D eigenvalue weighted by Gasteiger charge is 2.27. The number of carbonyl (C=O) groups is 1. The molecule has 1 aliphatic rings. The monoisotopic (exact) mass is 307 g/mol. The van der Waals surface area contributed by atoms with Gasteiger partial charge in [-0.2, -0.15) is 4.98 Å². The highest BCUT2D eigenvalue weighted by molar-refractivity contribution is 6.03. The van der Waals surface area contributed by atoms with Crippen molar-refractivity contribution in [2.24, 2.45) is 0 Å². The second-order valence-electron chi connectivity index (χ2n) is 5.20. The number of carbonyl (C=O) groups excluding carboxylic acids is 1. The maximum Gasteiger partial charge on any atom is 0.316 e. The van der Waals surface area contributed by atoms with Gasteiger partial charge < -0.3 is 9.42 Å². The van der Waals surface area contributed by atoms with E-state index in [1.807, 2.05) is 24.3 Å². The molecule has 1 aromatic carbocycles. The largest absolute Gasteiger partial charge is 0.328 e. The predicted octanol–water partition coefficient (Wildman–Crippen LogP) is 2.12. The second kappa shape index (κ2) is 5.60. The van der Waals surface area contributed by atoms with Crippen LogP contribution in [0.3, 0.4) is 0 Å². The summed E-state index contributed by atoms with van der Waals surface area (Å²) in [6.45, 7) is 0.638. The van der Waals surface area contributed by atoms with Gasteiger partial charge in [-0.1, -0.05) is 23.4 Å². The second-order valence-corrected chi connectivity index (χ2v) is 5.20. The van der Waals surface area contributed by atoms with Crippen LogP contribution in [0.15, 0.2) is 47.4 Å². The van der Waals surface area contributed by atoms with Crippen molar-refractivity contribution in [2.75, 3.05) is 11.4 Å². The van der Waals surface area contributed by atoms with Gasteiger partial charge in [0.25, 0.3) is 0 Å². The molecule has 0 N–H and O–H groups in total. The van der Waals surface area contributed by atoms with Crippen LogP contribution in [0.25, 0.3) is 11.5 Å². The summed E-state index contributed by atoms with van der Waals surface area (Å²) in [4.78, 5) is 26.6. The van der Waals surface area contributed by atoms with Crippen LogP contribution in [-0.4, -0.2) is 32.6 Å². The summed E-state index contributed by atoms with van der Waals surface area (Å²) in [6, 6.07) is 7.87. The molecule has 3 aromatic rings. The molecule has 3 heterocycles. The highest BCUT2D eigenvalue weighted by Crippen LogP contribution is 2.28. The normalized spacial score (nSPS) is 13.7. The zero-order chi connectivity index (χ0) is 15.6. The lowest BCUT2D eigenvalue weighted by Crippen LogP contribution is -2.35. The number of fused-ring (bicyclic) bond motifs is 1. The number of aryl methyl sites for hydroxylation is 1. The van der Waals surface area contributed by atoms with E-state index in [4.69, 9.17) is 4.52 Å². The molecule has 1 aliphatic heterocycles. The molecule has 0 fully saturated rings. The molecule has 114 valence electrons. The van der Waals surface area contributed by atoms with E-state index in [0.717, 1.165) is 24.1 Å². The molecule has 0 saturated heterocycles. The van der Waals surface area contributed by atoms with Gasteiger partial charge in [0.2, 0.25) is 5.82 Å². The third-order valence-electron chi connectivity index (χ3n) is 3.76. The Balaban J connectivity index is 1.65. The number of rotatable bonds is 2. The Morgan fingerprint density at radius 3 is 3.00 bits per heavy atom. The topological polar surface area (TPSA) is 85.0 Å². The summed E-state index contributed by atoms with van der Waals surface area (Å²) < 4.78 is 5.13. The Bertz CT molecular complexity index is 846. The minimum Gasteiger partial charge on any atom is -0.328 e. The lowest BCUT2D eigenvalue weighted by atomic mass is 10.0. The van der Waals surface area contributed by atoms with Crippen molar-refractivity contribution in [3.05, 3.63) is 54.3 Å². The van der Waals surface area contributed by atoms with Crippen LogP contribution in [0.1, 0.15) is 22.7 Å². The number of amides is 1. The van der Waals surface area contributed by atoms with Gasteiger partial charge >= 0.3 is 11.8 Å². The molecule has 0 saturated carbocycles. The smallest absolute Gasteiger partial charge is 0.316 e. The molecule has 4 rings (SSSR count). The van der Waals surface area contributed by atoms with E-state index >= 15 is 0 Å². The minimum atomic E-state index is -0.292. The first kappa shape index (κ1) is 13.6. The Morgan fingerprint density at radius 2 is 2.13 bits per heavy atom. The minimum absolute atomic E-state index is 0.0395. The molecule has 0 bridgehead atoms.